The van der Waals surface area contributed by atoms with Gasteiger partial charge in [0.15, 0.2) is 0 Å². The largest absolute Gasteiger partial charge is 0.497 e. The zero-order valence-electron chi connectivity index (χ0n) is 13.3. The molecular weight excluding hydrogens is 282 g/mol. The van der Waals surface area contributed by atoms with Gasteiger partial charge >= 0.3 is 0 Å². The lowest BCUT2D eigenvalue weighted by molar-refractivity contribution is -0.116. The van der Waals surface area contributed by atoms with E-state index < -0.39 is 0 Å². The summed E-state index contributed by atoms with van der Waals surface area (Å²) < 4.78 is 16.0. The van der Waals surface area contributed by atoms with Gasteiger partial charge in [-0.1, -0.05) is 0 Å². The van der Waals surface area contributed by atoms with Crippen molar-refractivity contribution in [1.82, 2.24) is 5.32 Å². The van der Waals surface area contributed by atoms with E-state index in [4.69, 9.17) is 14.2 Å². The molecule has 0 radical (unpaired) electrons. The van der Waals surface area contributed by atoms with Crippen LogP contribution in [0, 0.1) is 0 Å². The number of methoxy groups -OCH3 is 2. The fourth-order valence-corrected chi connectivity index (χ4v) is 2.47. The van der Waals surface area contributed by atoms with Gasteiger partial charge in [0.05, 0.1) is 20.3 Å². The highest BCUT2D eigenvalue weighted by molar-refractivity contribution is 5.95. The van der Waals surface area contributed by atoms with Crippen LogP contribution in [-0.4, -0.2) is 39.4 Å². The SMILES string of the molecule is COc1ccc(/C(C)=C/C(=O)NCC2CCCO2)c(OC)c1. The number of benzene rings is 1. The average Bonchev–Trinajstić information content (AvgIpc) is 3.05. The number of carbonyl (C=O) groups is 1. The van der Waals surface area contributed by atoms with Gasteiger partial charge in [-0.2, -0.15) is 0 Å². The Bertz CT molecular complexity index is 548. The van der Waals surface area contributed by atoms with Crippen LogP contribution in [0.1, 0.15) is 25.3 Å². The summed E-state index contributed by atoms with van der Waals surface area (Å²) >= 11 is 0. The Balaban J connectivity index is 2.02. The zero-order chi connectivity index (χ0) is 15.9. The predicted octanol–water partition coefficient (Wildman–Crippen LogP) is 2.40. The average molecular weight is 305 g/mol. The highest BCUT2D eigenvalue weighted by atomic mass is 16.5. The summed E-state index contributed by atoms with van der Waals surface area (Å²) in [6.45, 7) is 3.23. The molecule has 2 rings (SSSR count). The second kappa shape index (κ2) is 7.84. The van der Waals surface area contributed by atoms with Crippen molar-refractivity contribution in [1.29, 1.82) is 0 Å². The third-order valence-electron chi connectivity index (χ3n) is 3.71. The standard InChI is InChI=1S/C17H23NO4/c1-12(9-17(19)18-11-14-5-4-8-22-14)15-7-6-13(20-2)10-16(15)21-3/h6-7,9-10,14H,4-5,8,11H2,1-3H3,(H,18,19)/b12-9+. The van der Waals surface area contributed by atoms with E-state index in [0.29, 0.717) is 12.3 Å². The maximum Gasteiger partial charge on any atom is 0.244 e. The Morgan fingerprint density at radius 3 is 2.86 bits per heavy atom. The number of carbonyl (C=O) groups excluding carboxylic acids is 1. The number of amides is 1. The minimum atomic E-state index is -0.120. The number of allylic oxidation sites excluding steroid dienone is 1. The van der Waals surface area contributed by atoms with Crippen LogP contribution in [0.4, 0.5) is 0 Å². The molecule has 1 aliphatic heterocycles. The van der Waals surface area contributed by atoms with Gasteiger partial charge < -0.3 is 19.5 Å². The number of ether oxygens (including phenoxy) is 3. The molecule has 5 heteroatoms. The van der Waals surface area contributed by atoms with Gasteiger partial charge in [-0.3, -0.25) is 4.79 Å². The normalized spacial score (nSPS) is 18.1. The van der Waals surface area contributed by atoms with Crippen LogP contribution < -0.4 is 14.8 Å². The van der Waals surface area contributed by atoms with Gasteiger partial charge in [-0.15, -0.1) is 0 Å². The number of hydrogen-bond acceptors (Lipinski definition) is 4. The first kappa shape index (κ1) is 16.4. The molecular formula is C17H23NO4. The molecule has 1 heterocycles. The van der Waals surface area contributed by atoms with E-state index in [1.165, 1.54) is 0 Å². The lowest BCUT2D eigenvalue weighted by atomic mass is 10.1. The minimum Gasteiger partial charge on any atom is -0.497 e. The molecule has 0 aliphatic carbocycles. The van der Waals surface area contributed by atoms with Crippen molar-refractivity contribution in [2.75, 3.05) is 27.4 Å². The van der Waals surface area contributed by atoms with E-state index in [1.54, 1.807) is 26.4 Å². The van der Waals surface area contributed by atoms with Gasteiger partial charge in [0.1, 0.15) is 11.5 Å². The first-order valence-corrected chi connectivity index (χ1v) is 7.44. The Hall–Kier alpha value is -2.01. The van der Waals surface area contributed by atoms with E-state index in [9.17, 15) is 4.79 Å². The van der Waals surface area contributed by atoms with Gasteiger partial charge in [0.2, 0.25) is 5.91 Å². The third kappa shape index (κ3) is 4.24. The number of hydrogen-bond donors (Lipinski definition) is 1. The molecule has 1 aromatic carbocycles. The Labute approximate surface area is 131 Å². The summed E-state index contributed by atoms with van der Waals surface area (Å²) in [7, 11) is 3.21. The van der Waals surface area contributed by atoms with Crippen LogP contribution in [0.5, 0.6) is 11.5 Å². The van der Waals surface area contributed by atoms with E-state index in [2.05, 4.69) is 5.32 Å². The second-order valence-corrected chi connectivity index (χ2v) is 5.27. The van der Waals surface area contributed by atoms with Crippen molar-refractivity contribution in [3.05, 3.63) is 29.8 Å². The molecule has 1 atom stereocenters. The topological polar surface area (TPSA) is 56.8 Å². The maximum atomic E-state index is 12.0. The van der Waals surface area contributed by atoms with Crippen LogP contribution >= 0.6 is 0 Å². The Morgan fingerprint density at radius 1 is 1.41 bits per heavy atom. The molecule has 22 heavy (non-hydrogen) atoms. The molecule has 1 fully saturated rings. The predicted molar refractivity (Wildman–Crippen MR) is 85.2 cm³/mol. The molecule has 0 saturated carbocycles. The number of nitrogens with one attached hydrogen (secondary N) is 1. The maximum absolute atomic E-state index is 12.0. The van der Waals surface area contributed by atoms with E-state index in [-0.39, 0.29) is 12.0 Å². The molecule has 120 valence electrons. The molecule has 1 saturated heterocycles. The summed E-state index contributed by atoms with van der Waals surface area (Å²) in [5, 5.41) is 2.88. The molecule has 1 unspecified atom stereocenters. The quantitative estimate of drug-likeness (QED) is 0.820. The van der Waals surface area contributed by atoms with Crippen molar-refractivity contribution in [2.24, 2.45) is 0 Å². The highest BCUT2D eigenvalue weighted by Gasteiger charge is 2.16. The molecule has 1 amide bonds. The van der Waals surface area contributed by atoms with E-state index in [0.717, 1.165) is 36.3 Å². The molecule has 1 aromatic rings. The van der Waals surface area contributed by atoms with Crippen LogP contribution in [0.25, 0.3) is 5.57 Å². The van der Waals surface area contributed by atoms with E-state index in [1.807, 2.05) is 19.1 Å². The first-order valence-electron chi connectivity index (χ1n) is 7.44. The summed E-state index contributed by atoms with van der Waals surface area (Å²) in [6.07, 6.45) is 3.81. The monoisotopic (exact) mass is 305 g/mol. The van der Waals surface area contributed by atoms with Crippen LogP contribution in [-0.2, 0) is 9.53 Å². The van der Waals surface area contributed by atoms with Crippen LogP contribution in [0.2, 0.25) is 0 Å². The molecule has 0 spiro atoms. The van der Waals surface area contributed by atoms with Gasteiger partial charge in [0, 0.05) is 30.9 Å². The van der Waals surface area contributed by atoms with Crippen molar-refractivity contribution in [2.45, 2.75) is 25.9 Å². The van der Waals surface area contributed by atoms with Gasteiger partial charge in [0.25, 0.3) is 0 Å². The van der Waals surface area contributed by atoms with Gasteiger partial charge in [-0.25, -0.2) is 0 Å². The lowest BCUT2D eigenvalue weighted by Crippen LogP contribution is -2.30. The smallest absolute Gasteiger partial charge is 0.244 e. The third-order valence-corrected chi connectivity index (χ3v) is 3.71. The molecule has 0 bridgehead atoms. The summed E-state index contributed by atoms with van der Waals surface area (Å²) in [4.78, 5) is 12.0. The van der Waals surface area contributed by atoms with Crippen LogP contribution in [0.15, 0.2) is 24.3 Å². The van der Waals surface area contributed by atoms with Crippen molar-refractivity contribution in [3.63, 3.8) is 0 Å². The molecule has 5 nitrogen and oxygen atoms in total. The Morgan fingerprint density at radius 2 is 2.23 bits per heavy atom. The second-order valence-electron chi connectivity index (χ2n) is 5.27. The lowest BCUT2D eigenvalue weighted by Gasteiger charge is -2.12. The summed E-state index contributed by atoms with van der Waals surface area (Å²) in [5.41, 5.74) is 1.71. The van der Waals surface area contributed by atoms with Crippen molar-refractivity contribution < 1.29 is 19.0 Å². The van der Waals surface area contributed by atoms with Crippen LogP contribution in [0.3, 0.4) is 0 Å². The fourth-order valence-electron chi connectivity index (χ4n) is 2.47. The summed E-state index contributed by atoms with van der Waals surface area (Å²) in [6, 6.07) is 5.53. The van der Waals surface area contributed by atoms with Crippen molar-refractivity contribution >= 4 is 11.5 Å². The molecule has 1 aliphatic rings. The molecule has 1 N–H and O–H groups in total. The van der Waals surface area contributed by atoms with Gasteiger partial charge in [-0.05, 0) is 37.5 Å². The fraction of sp³-hybridized carbons (Fsp3) is 0.471. The van der Waals surface area contributed by atoms with Crippen molar-refractivity contribution in [3.8, 4) is 11.5 Å². The molecule has 0 aromatic heterocycles. The highest BCUT2D eigenvalue weighted by Crippen LogP contribution is 2.29. The van der Waals surface area contributed by atoms with E-state index >= 15 is 0 Å². The summed E-state index contributed by atoms with van der Waals surface area (Å²) in [5.74, 6) is 1.28. The zero-order valence-corrected chi connectivity index (χ0v) is 13.3. The first-order chi connectivity index (χ1) is 10.6. The Kier molecular flexibility index (Phi) is 5.83. The minimum absolute atomic E-state index is 0.120. The number of rotatable bonds is 6.